The van der Waals surface area contributed by atoms with Crippen molar-refractivity contribution in [1.29, 1.82) is 0 Å². The van der Waals surface area contributed by atoms with E-state index >= 15 is 0 Å². The van der Waals surface area contributed by atoms with Crippen LogP contribution in [0.15, 0.2) is 23.2 Å². The third-order valence-electron chi connectivity index (χ3n) is 4.11. The first-order chi connectivity index (χ1) is 11.5. The number of aliphatic hydroxyl groups is 2. The van der Waals surface area contributed by atoms with Crippen LogP contribution in [-0.2, 0) is 14.2 Å². The summed E-state index contributed by atoms with van der Waals surface area (Å²) in [7, 11) is 1.45. The van der Waals surface area contributed by atoms with Gasteiger partial charge in [0.2, 0.25) is 0 Å². The van der Waals surface area contributed by atoms with Gasteiger partial charge in [0, 0.05) is 11.8 Å². The second-order valence-electron chi connectivity index (χ2n) is 5.72. The number of aromatic hydroxyl groups is 1. The summed E-state index contributed by atoms with van der Waals surface area (Å²) in [6.45, 7) is 1.96. The fourth-order valence-electron chi connectivity index (χ4n) is 2.80. The van der Waals surface area contributed by atoms with E-state index in [0.717, 1.165) is 0 Å². The Morgan fingerprint density at radius 2 is 2.04 bits per heavy atom. The second kappa shape index (κ2) is 7.04. The molecule has 8 heteroatoms. The molecule has 1 aromatic carbocycles. The van der Waals surface area contributed by atoms with Crippen LogP contribution in [0.25, 0.3) is 0 Å². The number of fused-ring (bicyclic) bond motifs is 1. The number of aliphatic hydroxyl groups excluding tert-OH is 2. The fraction of sp³-hybridized carbons (Fsp3) is 0.562. The van der Waals surface area contributed by atoms with Gasteiger partial charge < -0.3 is 34.3 Å². The molecule has 6 atom stereocenters. The highest BCUT2D eigenvalue weighted by Crippen LogP contribution is 2.30. The van der Waals surface area contributed by atoms with Gasteiger partial charge in [-0.05, 0) is 19.1 Å². The molecule has 132 valence electrons. The van der Waals surface area contributed by atoms with Gasteiger partial charge in [-0.3, -0.25) is 4.99 Å². The topological polar surface area (TPSA) is 110 Å². The quantitative estimate of drug-likeness (QED) is 0.666. The number of nitrogens with zero attached hydrogens (tertiary/aromatic N) is 1. The number of phenolic OH excluding ortho intramolecular Hbond substituents is 1. The molecule has 0 amide bonds. The third-order valence-corrected chi connectivity index (χ3v) is 4.11. The molecule has 0 aromatic heterocycles. The van der Waals surface area contributed by atoms with Crippen molar-refractivity contribution in [2.24, 2.45) is 4.99 Å². The Labute approximate surface area is 139 Å². The molecule has 8 nitrogen and oxygen atoms in total. The summed E-state index contributed by atoms with van der Waals surface area (Å²) in [5, 5.41) is 30.5. The molecular formula is C16H21NO7. The summed E-state index contributed by atoms with van der Waals surface area (Å²) < 4.78 is 21.5. The molecule has 0 aliphatic carbocycles. The predicted molar refractivity (Wildman–Crippen MR) is 83.2 cm³/mol. The average Bonchev–Trinajstić information content (AvgIpc) is 2.58. The maximum Gasteiger partial charge on any atom is 0.177 e. The lowest BCUT2D eigenvalue weighted by molar-refractivity contribution is -0.319. The van der Waals surface area contributed by atoms with E-state index in [1.54, 1.807) is 25.1 Å². The summed E-state index contributed by atoms with van der Waals surface area (Å²) in [5.41, 5.74) is 0.409. The molecule has 2 saturated heterocycles. The maximum atomic E-state index is 10.2. The molecule has 1 aromatic rings. The highest BCUT2D eigenvalue weighted by molar-refractivity contribution is 5.84. The number of hydrogen-bond acceptors (Lipinski definition) is 8. The molecule has 0 saturated carbocycles. The SMILES string of the molecule is COc1cccc(/C=N/[C@@H]2O[C@@H]3CO[C@@H](C)O[C@H]3[C@H](O)[C@H]2O)c1O. The first kappa shape index (κ1) is 17.1. The Balaban J connectivity index is 1.76. The monoisotopic (exact) mass is 339 g/mol. The van der Waals surface area contributed by atoms with E-state index in [-0.39, 0.29) is 12.4 Å². The van der Waals surface area contributed by atoms with Crippen molar-refractivity contribution < 1.29 is 34.3 Å². The number of benzene rings is 1. The van der Waals surface area contributed by atoms with Crippen molar-refractivity contribution in [3.05, 3.63) is 23.8 Å². The summed E-state index contributed by atoms with van der Waals surface area (Å²) in [5.74, 6) is 0.248. The van der Waals surface area contributed by atoms with Crippen LogP contribution in [0.2, 0.25) is 0 Å². The molecule has 2 heterocycles. The van der Waals surface area contributed by atoms with E-state index in [9.17, 15) is 15.3 Å². The molecule has 2 aliphatic rings. The summed E-state index contributed by atoms with van der Waals surface area (Å²) in [6, 6.07) is 4.96. The second-order valence-corrected chi connectivity index (χ2v) is 5.72. The summed E-state index contributed by atoms with van der Waals surface area (Å²) in [6.07, 6.45) is -3.68. The molecule has 3 N–H and O–H groups in total. The molecule has 0 bridgehead atoms. The van der Waals surface area contributed by atoms with E-state index in [4.69, 9.17) is 18.9 Å². The van der Waals surface area contributed by atoms with E-state index in [1.165, 1.54) is 13.3 Å². The molecule has 24 heavy (non-hydrogen) atoms. The van der Waals surface area contributed by atoms with E-state index < -0.39 is 36.9 Å². The number of methoxy groups -OCH3 is 1. The zero-order valence-corrected chi connectivity index (χ0v) is 13.4. The Morgan fingerprint density at radius 1 is 1.25 bits per heavy atom. The number of hydrogen-bond donors (Lipinski definition) is 3. The zero-order chi connectivity index (χ0) is 17.3. The highest BCUT2D eigenvalue weighted by Gasteiger charge is 2.47. The minimum atomic E-state index is -1.25. The lowest BCUT2D eigenvalue weighted by Crippen LogP contribution is -2.62. The van der Waals surface area contributed by atoms with E-state index in [0.29, 0.717) is 11.3 Å². The van der Waals surface area contributed by atoms with Crippen LogP contribution in [-0.4, -0.2) is 72.2 Å². The first-order valence-corrected chi connectivity index (χ1v) is 7.69. The highest BCUT2D eigenvalue weighted by atomic mass is 16.7. The lowest BCUT2D eigenvalue weighted by atomic mass is 9.97. The minimum absolute atomic E-state index is 0.0642. The number of ether oxygens (including phenoxy) is 4. The van der Waals surface area contributed by atoms with Crippen LogP contribution in [0.5, 0.6) is 11.5 Å². The molecule has 2 aliphatic heterocycles. The van der Waals surface area contributed by atoms with Crippen molar-refractivity contribution in [2.45, 2.75) is 43.9 Å². The van der Waals surface area contributed by atoms with Crippen molar-refractivity contribution >= 4 is 6.21 Å². The predicted octanol–water partition coefficient (Wildman–Crippen LogP) is 0.0278. The Bertz CT molecular complexity index is 606. The fourth-order valence-corrected chi connectivity index (χ4v) is 2.80. The Morgan fingerprint density at radius 3 is 2.79 bits per heavy atom. The standard InChI is InChI=1S/C16H21NO7/c1-8-22-7-11-15(23-8)13(19)14(20)16(24-11)17-6-9-4-3-5-10(21-2)12(9)18/h3-6,8,11,13-16,18-20H,7H2,1-2H3/b17-6+/t8-,11-,13-,14-,15-,16-/m1/s1. The lowest BCUT2D eigenvalue weighted by Gasteiger charge is -2.44. The van der Waals surface area contributed by atoms with Gasteiger partial charge in [0.05, 0.1) is 13.7 Å². The maximum absolute atomic E-state index is 10.2. The Hall–Kier alpha value is -1.71. The summed E-state index contributed by atoms with van der Waals surface area (Å²) in [4.78, 5) is 4.15. The van der Waals surface area contributed by atoms with Crippen LogP contribution in [0, 0.1) is 0 Å². The van der Waals surface area contributed by atoms with Crippen LogP contribution in [0.4, 0.5) is 0 Å². The molecule has 3 rings (SSSR count). The van der Waals surface area contributed by atoms with Crippen LogP contribution < -0.4 is 4.74 Å². The van der Waals surface area contributed by atoms with E-state index in [1.807, 2.05) is 0 Å². The zero-order valence-electron chi connectivity index (χ0n) is 13.4. The third kappa shape index (κ3) is 3.24. The van der Waals surface area contributed by atoms with Gasteiger partial charge in [-0.2, -0.15) is 0 Å². The largest absolute Gasteiger partial charge is 0.504 e. The van der Waals surface area contributed by atoms with Gasteiger partial charge >= 0.3 is 0 Å². The van der Waals surface area contributed by atoms with E-state index in [2.05, 4.69) is 4.99 Å². The smallest absolute Gasteiger partial charge is 0.177 e. The molecule has 0 radical (unpaired) electrons. The van der Waals surface area contributed by atoms with Crippen molar-refractivity contribution in [2.75, 3.05) is 13.7 Å². The number of phenols is 1. The van der Waals surface area contributed by atoms with Gasteiger partial charge in [0.25, 0.3) is 0 Å². The molecule has 0 spiro atoms. The number of aliphatic imine (C=N–C) groups is 1. The van der Waals surface area contributed by atoms with Gasteiger partial charge in [-0.1, -0.05) is 6.07 Å². The number of rotatable bonds is 3. The van der Waals surface area contributed by atoms with Gasteiger partial charge in [-0.25, -0.2) is 0 Å². The minimum Gasteiger partial charge on any atom is -0.504 e. The molecule has 0 unspecified atom stereocenters. The van der Waals surface area contributed by atoms with Crippen molar-refractivity contribution in [3.63, 3.8) is 0 Å². The van der Waals surface area contributed by atoms with Crippen molar-refractivity contribution in [3.8, 4) is 11.5 Å². The Kier molecular flexibility index (Phi) is 5.02. The molecular weight excluding hydrogens is 318 g/mol. The number of para-hydroxylation sites is 1. The van der Waals surface area contributed by atoms with Gasteiger partial charge in [-0.15, -0.1) is 0 Å². The summed E-state index contributed by atoms with van der Waals surface area (Å²) >= 11 is 0. The van der Waals surface area contributed by atoms with Gasteiger partial charge in [0.1, 0.15) is 24.4 Å². The van der Waals surface area contributed by atoms with Crippen LogP contribution in [0.1, 0.15) is 12.5 Å². The van der Waals surface area contributed by atoms with Crippen LogP contribution in [0.3, 0.4) is 0 Å². The average molecular weight is 339 g/mol. The van der Waals surface area contributed by atoms with Crippen molar-refractivity contribution in [1.82, 2.24) is 0 Å². The molecule has 2 fully saturated rings. The normalized spacial score (nSPS) is 36.5. The van der Waals surface area contributed by atoms with Crippen LogP contribution >= 0.6 is 0 Å². The van der Waals surface area contributed by atoms with Gasteiger partial charge in [0.15, 0.2) is 24.0 Å². The first-order valence-electron chi connectivity index (χ1n) is 7.69.